The summed E-state index contributed by atoms with van der Waals surface area (Å²) in [4.78, 5) is 13.3. The molecule has 2 saturated heterocycles. The van der Waals surface area contributed by atoms with E-state index >= 15 is 0 Å². The first-order valence-electron chi connectivity index (χ1n) is 36.0. The summed E-state index contributed by atoms with van der Waals surface area (Å²) in [5.74, 6) is -0.235. The molecule has 2 aliphatic heterocycles. The van der Waals surface area contributed by atoms with Crippen molar-refractivity contribution in [3.05, 3.63) is 60.8 Å². The van der Waals surface area contributed by atoms with E-state index in [1.165, 1.54) is 212 Å². The Balaban J connectivity index is 1.64. The van der Waals surface area contributed by atoms with Gasteiger partial charge < -0.3 is 65.1 Å². The van der Waals surface area contributed by atoms with Crippen molar-refractivity contribution >= 4 is 5.91 Å². The SMILES string of the molecule is CC/C=C\C/C=C\C/C=C\C/C=C\CCCCCCCCCCCCCCCCCCCCCCC(=O)NC(COC1OC(CO)C(OC2OC(CO)C(O)C(O)C2O)C(O)C1O)C(O)/C=C/CCCCCCCCCCCCCCCCCCCC. The van der Waals surface area contributed by atoms with Gasteiger partial charge in [-0.25, -0.2) is 0 Å². The van der Waals surface area contributed by atoms with Gasteiger partial charge in [-0.3, -0.25) is 4.79 Å². The lowest BCUT2D eigenvalue weighted by Gasteiger charge is -2.46. The van der Waals surface area contributed by atoms with Gasteiger partial charge in [0.25, 0.3) is 0 Å². The summed E-state index contributed by atoms with van der Waals surface area (Å²) < 4.78 is 22.9. The van der Waals surface area contributed by atoms with Crippen molar-refractivity contribution in [2.24, 2.45) is 0 Å². The second-order valence-electron chi connectivity index (χ2n) is 25.3. The van der Waals surface area contributed by atoms with E-state index in [2.05, 4.69) is 67.8 Å². The molecule has 0 aromatic carbocycles. The molecule has 0 saturated carbocycles. The van der Waals surface area contributed by atoms with Crippen LogP contribution in [0.1, 0.15) is 303 Å². The first-order valence-corrected chi connectivity index (χ1v) is 36.0. The third-order valence-corrected chi connectivity index (χ3v) is 17.5. The zero-order valence-electron chi connectivity index (χ0n) is 55.3. The van der Waals surface area contributed by atoms with Crippen molar-refractivity contribution in [3.63, 3.8) is 0 Å². The fourth-order valence-corrected chi connectivity index (χ4v) is 11.8. The van der Waals surface area contributed by atoms with Crippen LogP contribution in [-0.4, -0.2) is 140 Å². The number of nitrogens with one attached hydrogen (secondary N) is 1. The lowest BCUT2D eigenvalue weighted by Crippen LogP contribution is -2.65. The van der Waals surface area contributed by atoms with E-state index in [0.717, 1.165) is 64.2 Å². The molecule has 2 rings (SSSR count). The van der Waals surface area contributed by atoms with Crippen LogP contribution < -0.4 is 5.32 Å². The molecule has 0 spiro atoms. The molecule has 0 bridgehead atoms. The highest BCUT2D eigenvalue weighted by molar-refractivity contribution is 5.76. The van der Waals surface area contributed by atoms with Gasteiger partial charge in [-0.2, -0.15) is 0 Å². The number of hydrogen-bond acceptors (Lipinski definition) is 13. The predicted molar refractivity (Wildman–Crippen MR) is 355 cm³/mol. The van der Waals surface area contributed by atoms with E-state index in [4.69, 9.17) is 18.9 Å². The van der Waals surface area contributed by atoms with E-state index in [-0.39, 0.29) is 18.9 Å². The fraction of sp³-hybridized carbons (Fsp3) is 0.849. The zero-order chi connectivity index (χ0) is 63.1. The van der Waals surface area contributed by atoms with Crippen LogP contribution in [0, 0.1) is 0 Å². The highest BCUT2D eigenvalue weighted by atomic mass is 16.7. The van der Waals surface area contributed by atoms with Crippen molar-refractivity contribution < 1.29 is 64.6 Å². The summed E-state index contributed by atoms with van der Waals surface area (Å²) in [6.07, 6.45) is 59.9. The minimum Gasteiger partial charge on any atom is -0.394 e. The van der Waals surface area contributed by atoms with Crippen LogP contribution in [0.4, 0.5) is 0 Å². The lowest BCUT2D eigenvalue weighted by molar-refractivity contribution is -0.359. The molecule has 12 atom stereocenters. The quantitative estimate of drug-likeness (QED) is 0.0204. The number of aliphatic hydroxyl groups excluding tert-OH is 8. The third kappa shape index (κ3) is 41.7. The Morgan fingerprint density at radius 1 is 0.425 bits per heavy atom. The molecule has 0 aliphatic carbocycles. The molecule has 12 unspecified atom stereocenters. The van der Waals surface area contributed by atoms with Crippen molar-refractivity contribution in [3.8, 4) is 0 Å². The van der Waals surface area contributed by atoms with E-state index in [1.54, 1.807) is 6.08 Å². The monoisotopic (exact) mass is 1230 g/mol. The molecule has 0 aromatic heterocycles. The smallest absolute Gasteiger partial charge is 0.220 e. The van der Waals surface area contributed by atoms with Crippen molar-refractivity contribution in [2.45, 2.75) is 376 Å². The van der Waals surface area contributed by atoms with Gasteiger partial charge >= 0.3 is 0 Å². The van der Waals surface area contributed by atoms with Gasteiger partial charge in [0, 0.05) is 6.42 Å². The molecule has 2 heterocycles. The molecule has 508 valence electrons. The van der Waals surface area contributed by atoms with Crippen LogP contribution in [0.5, 0.6) is 0 Å². The van der Waals surface area contributed by atoms with E-state index in [9.17, 15) is 45.6 Å². The van der Waals surface area contributed by atoms with Crippen molar-refractivity contribution in [2.75, 3.05) is 19.8 Å². The predicted octanol–water partition coefficient (Wildman–Crippen LogP) is 14.8. The average Bonchev–Trinajstić information content (AvgIpc) is 2.59. The summed E-state index contributed by atoms with van der Waals surface area (Å²) >= 11 is 0. The average molecular weight is 1230 g/mol. The molecule has 14 heteroatoms. The van der Waals surface area contributed by atoms with E-state index < -0.39 is 86.8 Å². The first kappa shape index (κ1) is 80.8. The number of carbonyl (C=O) groups excluding carboxylic acids is 1. The van der Waals surface area contributed by atoms with Gasteiger partial charge in [0.15, 0.2) is 12.6 Å². The fourth-order valence-electron chi connectivity index (χ4n) is 11.8. The summed E-state index contributed by atoms with van der Waals surface area (Å²) in [5.41, 5.74) is 0. The molecular weight excluding hydrogens is 1100 g/mol. The number of rotatable bonds is 59. The maximum atomic E-state index is 13.3. The van der Waals surface area contributed by atoms with Crippen LogP contribution in [0.3, 0.4) is 0 Å². The molecule has 14 nitrogen and oxygen atoms in total. The standard InChI is InChI=1S/C73H133NO13/c1-3-5-7-9-11-13-15-17-19-21-23-25-26-27-28-29-30-31-32-33-34-35-36-37-39-41-43-45-47-49-51-53-55-57-65(78)74-61(62(77)56-54-52-50-48-46-44-42-40-38-24-22-20-18-16-14-12-10-8-6-4-2)60-84-72-70(83)68(81)71(64(59-76)86-72)87-73-69(82)67(80)66(79)63(58-75)85-73/h5,7,11,13,17,19,23,25,54,56,61-64,66-73,75-77,79-83H,3-4,6,8-10,12,14-16,18,20-22,24,26-53,55,57-60H2,1-2H3,(H,74,78)/b7-5-,13-11-,19-17-,25-23-,56-54+. The number of aliphatic hydroxyl groups is 8. The molecule has 2 aliphatic rings. The van der Waals surface area contributed by atoms with Crippen LogP contribution >= 0.6 is 0 Å². The van der Waals surface area contributed by atoms with Gasteiger partial charge in [-0.1, -0.05) is 299 Å². The van der Waals surface area contributed by atoms with Gasteiger partial charge in [-0.05, 0) is 57.8 Å². The van der Waals surface area contributed by atoms with Crippen LogP contribution in [0.2, 0.25) is 0 Å². The second kappa shape index (κ2) is 57.6. The van der Waals surface area contributed by atoms with Crippen LogP contribution in [-0.2, 0) is 23.7 Å². The van der Waals surface area contributed by atoms with Gasteiger partial charge in [0.05, 0.1) is 32.0 Å². The molecular formula is C73H133NO13. The summed E-state index contributed by atoms with van der Waals surface area (Å²) in [6.45, 7) is 2.73. The van der Waals surface area contributed by atoms with Crippen molar-refractivity contribution in [1.29, 1.82) is 0 Å². The van der Waals surface area contributed by atoms with Crippen LogP contribution in [0.15, 0.2) is 60.8 Å². The maximum Gasteiger partial charge on any atom is 0.220 e. The maximum absolute atomic E-state index is 13.3. The minimum atomic E-state index is -1.79. The molecule has 2 fully saturated rings. The number of hydrogen-bond donors (Lipinski definition) is 9. The van der Waals surface area contributed by atoms with Crippen LogP contribution in [0.25, 0.3) is 0 Å². The van der Waals surface area contributed by atoms with Gasteiger partial charge in [-0.15, -0.1) is 0 Å². The Kier molecular flexibility index (Phi) is 53.5. The topological polar surface area (TPSA) is 228 Å². The Hall–Kier alpha value is -2.31. The Labute approximate surface area is 530 Å². The molecule has 9 N–H and O–H groups in total. The first-order chi connectivity index (χ1) is 42.6. The second-order valence-corrected chi connectivity index (χ2v) is 25.3. The van der Waals surface area contributed by atoms with Crippen molar-refractivity contribution in [1.82, 2.24) is 5.32 Å². The third-order valence-electron chi connectivity index (χ3n) is 17.5. The lowest BCUT2D eigenvalue weighted by atomic mass is 9.97. The summed E-state index contributed by atoms with van der Waals surface area (Å²) in [5, 5.41) is 87.5. The highest BCUT2D eigenvalue weighted by Gasteiger charge is 2.51. The molecule has 1 amide bonds. The van der Waals surface area contributed by atoms with E-state index in [0.29, 0.717) is 6.42 Å². The Morgan fingerprint density at radius 2 is 0.793 bits per heavy atom. The van der Waals surface area contributed by atoms with E-state index in [1.807, 2.05) is 6.08 Å². The Bertz CT molecular complexity index is 1690. The Morgan fingerprint density at radius 3 is 1.22 bits per heavy atom. The van der Waals surface area contributed by atoms with Gasteiger partial charge in [0.2, 0.25) is 5.91 Å². The number of allylic oxidation sites excluding steroid dienone is 9. The minimum absolute atomic E-state index is 0.235. The summed E-state index contributed by atoms with van der Waals surface area (Å²) in [7, 11) is 0. The number of ether oxygens (including phenoxy) is 4. The molecule has 0 aromatic rings. The number of carbonyl (C=O) groups is 1. The highest BCUT2D eigenvalue weighted by Crippen LogP contribution is 2.30. The zero-order valence-corrected chi connectivity index (χ0v) is 55.3. The molecule has 0 radical (unpaired) electrons. The summed E-state index contributed by atoms with van der Waals surface area (Å²) in [6, 6.07) is -0.916. The number of unbranched alkanes of at least 4 members (excludes halogenated alkanes) is 38. The normalized spacial score (nSPS) is 23.6. The van der Waals surface area contributed by atoms with Gasteiger partial charge in [0.1, 0.15) is 48.8 Å². The molecule has 87 heavy (non-hydrogen) atoms. The largest absolute Gasteiger partial charge is 0.394 e. The number of amides is 1.